The average molecular weight is 426 g/mol. The number of carbonyl (C=O) groups excluding carboxylic acids is 1. The summed E-state index contributed by atoms with van der Waals surface area (Å²) in [5.74, 6) is -0.382. The van der Waals surface area contributed by atoms with E-state index < -0.39 is 0 Å². The maximum Gasteiger partial charge on any atom is 0.242 e. The molecule has 1 aliphatic heterocycles. The molecule has 4 nitrogen and oxygen atoms in total. The molecule has 27 heavy (non-hydrogen) atoms. The summed E-state index contributed by atoms with van der Waals surface area (Å²) in [5, 5.41) is 4.41. The Morgan fingerprint density at radius 3 is 2.74 bits per heavy atom. The zero-order chi connectivity index (χ0) is 19.6. The first-order valence-electron chi connectivity index (χ1n) is 8.38. The third-order valence-electron chi connectivity index (χ3n) is 4.38. The van der Waals surface area contributed by atoms with Gasteiger partial charge in [0, 0.05) is 19.6 Å². The number of anilines is 1. The summed E-state index contributed by atoms with van der Waals surface area (Å²) in [6.45, 7) is 3.45. The van der Waals surface area contributed by atoms with Gasteiger partial charge in [0.1, 0.15) is 5.82 Å². The number of hydrogen-bond donors (Lipinski definition) is 1. The van der Waals surface area contributed by atoms with Crippen LogP contribution in [-0.4, -0.2) is 40.5 Å². The molecule has 0 unspecified atom stereocenters. The van der Waals surface area contributed by atoms with Crippen molar-refractivity contribution in [3.05, 3.63) is 63.4 Å². The van der Waals surface area contributed by atoms with Crippen LogP contribution in [0.15, 0.2) is 36.4 Å². The van der Waals surface area contributed by atoms with Gasteiger partial charge in [0.25, 0.3) is 0 Å². The molecule has 0 saturated carbocycles. The molecule has 0 radical (unpaired) electrons. The van der Waals surface area contributed by atoms with Crippen LogP contribution < -0.4 is 5.32 Å². The Balaban J connectivity index is 1.63. The summed E-state index contributed by atoms with van der Waals surface area (Å²) < 4.78 is 13.3. The average Bonchev–Trinajstić information content (AvgIpc) is 2.63. The second-order valence-corrected chi connectivity index (χ2v) is 7.52. The van der Waals surface area contributed by atoms with Crippen LogP contribution in [-0.2, 0) is 11.3 Å². The van der Waals surface area contributed by atoms with Gasteiger partial charge in [-0.05, 0) is 48.5 Å². The van der Waals surface area contributed by atoms with Gasteiger partial charge >= 0.3 is 0 Å². The van der Waals surface area contributed by atoms with Gasteiger partial charge in [0.05, 0.1) is 22.3 Å². The van der Waals surface area contributed by atoms with Crippen LogP contribution in [0.1, 0.15) is 11.1 Å². The Hall–Kier alpha value is -1.89. The number of carbonyl (C=O) groups is 1. The summed E-state index contributed by atoms with van der Waals surface area (Å²) >= 11 is 17.9. The van der Waals surface area contributed by atoms with Gasteiger partial charge in [-0.25, -0.2) is 4.39 Å². The lowest BCUT2D eigenvalue weighted by molar-refractivity contribution is -0.134. The van der Waals surface area contributed by atoms with Crippen LogP contribution in [0, 0.1) is 12.7 Å². The molecule has 0 spiro atoms. The number of nitrogens with one attached hydrogen (secondary N) is 1. The number of hydrogen-bond acceptors (Lipinski definition) is 2. The van der Waals surface area contributed by atoms with Gasteiger partial charge in [-0.15, -0.1) is 0 Å². The first kappa shape index (κ1) is 19.9. The molecule has 0 bridgehead atoms. The molecule has 0 aromatic heterocycles. The largest absolute Gasteiger partial charge is 0.338 e. The molecule has 2 aromatic rings. The standard InChI is InChI=1S/C19H18Cl2FN3OS/c1-12-5-6-15(20)18(17(12)21)23-19(27)25-8-7-24(16(26)11-25)10-13-3-2-4-14(22)9-13/h2-6,9H,7-8,10-11H2,1H3,(H,23,27). The van der Waals surface area contributed by atoms with Crippen molar-refractivity contribution in [2.45, 2.75) is 13.5 Å². The van der Waals surface area contributed by atoms with Crippen molar-refractivity contribution < 1.29 is 9.18 Å². The molecule has 2 aromatic carbocycles. The van der Waals surface area contributed by atoms with E-state index in [9.17, 15) is 9.18 Å². The van der Waals surface area contributed by atoms with Crippen LogP contribution in [0.3, 0.4) is 0 Å². The van der Waals surface area contributed by atoms with Crippen molar-refractivity contribution in [1.29, 1.82) is 0 Å². The molecule has 1 amide bonds. The monoisotopic (exact) mass is 425 g/mol. The molecule has 1 fully saturated rings. The minimum atomic E-state index is -0.309. The van der Waals surface area contributed by atoms with Crippen molar-refractivity contribution in [3.8, 4) is 0 Å². The van der Waals surface area contributed by atoms with Crippen LogP contribution in [0.5, 0.6) is 0 Å². The lowest BCUT2D eigenvalue weighted by Gasteiger charge is -2.36. The van der Waals surface area contributed by atoms with E-state index in [0.29, 0.717) is 40.5 Å². The van der Waals surface area contributed by atoms with Crippen molar-refractivity contribution in [1.82, 2.24) is 9.80 Å². The number of amides is 1. The summed E-state index contributed by atoms with van der Waals surface area (Å²) in [6.07, 6.45) is 0. The summed E-state index contributed by atoms with van der Waals surface area (Å²) in [6, 6.07) is 9.84. The Morgan fingerprint density at radius 1 is 1.26 bits per heavy atom. The molecule has 3 rings (SSSR count). The molecule has 1 heterocycles. The lowest BCUT2D eigenvalue weighted by Crippen LogP contribution is -2.52. The van der Waals surface area contributed by atoms with Gasteiger partial charge in [0.15, 0.2) is 5.11 Å². The van der Waals surface area contributed by atoms with Crippen molar-refractivity contribution >= 4 is 52.1 Å². The SMILES string of the molecule is Cc1ccc(Cl)c(NC(=S)N2CCN(Cc3cccc(F)c3)C(=O)C2)c1Cl. The normalized spacial score (nSPS) is 14.4. The van der Waals surface area contributed by atoms with Gasteiger partial charge in [-0.3, -0.25) is 4.79 Å². The molecule has 0 atom stereocenters. The van der Waals surface area contributed by atoms with E-state index in [1.807, 2.05) is 13.0 Å². The fourth-order valence-corrected chi connectivity index (χ4v) is 3.59. The summed E-state index contributed by atoms with van der Waals surface area (Å²) in [7, 11) is 0. The highest BCUT2D eigenvalue weighted by atomic mass is 35.5. The van der Waals surface area contributed by atoms with E-state index in [1.165, 1.54) is 12.1 Å². The quantitative estimate of drug-likeness (QED) is 0.735. The van der Waals surface area contributed by atoms with Crippen LogP contribution in [0.2, 0.25) is 10.0 Å². The van der Waals surface area contributed by atoms with Crippen molar-refractivity contribution in [3.63, 3.8) is 0 Å². The zero-order valence-electron chi connectivity index (χ0n) is 14.6. The van der Waals surface area contributed by atoms with Gasteiger partial charge in [-0.1, -0.05) is 41.4 Å². The number of benzene rings is 2. The molecule has 1 saturated heterocycles. The number of aryl methyl sites for hydroxylation is 1. The first-order valence-corrected chi connectivity index (χ1v) is 9.54. The molecule has 0 aliphatic carbocycles. The minimum Gasteiger partial charge on any atom is -0.338 e. The fourth-order valence-electron chi connectivity index (χ4n) is 2.86. The number of rotatable bonds is 3. The summed E-state index contributed by atoms with van der Waals surface area (Å²) in [5.41, 5.74) is 2.18. The molecule has 142 valence electrons. The van der Waals surface area contributed by atoms with E-state index in [2.05, 4.69) is 5.32 Å². The number of piperazine rings is 1. The fraction of sp³-hybridized carbons (Fsp3) is 0.263. The Kier molecular flexibility index (Phi) is 6.19. The molecular formula is C19H18Cl2FN3OS. The third kappa shape index (κ3) is 4.69. The van der Waals surface area contributed by atoms with E-state index in [-0.39, 0.29) is 18.3 Å². The van der Waals surface area contributed by atoms with E-state index in [4.69, 9.17) is 35.4 Å². The van der Waals surface area contributed by atoms with Gasteiger partial charge in [-0.2, -0.15) is 0 Å². The highest BCUT2D eigenvalue weighted by Crippen LogP contribution is 2.33. The Morgan fingerprint density at radius 2 is 2.04 bits per heavy atom. The lowest BCUT2D eigenvalue weighted by atomic mass is 10.2. The minimum absolute atomic E-state index is 0.0731. The van der Waals surface area contributed by atoms with E-state index in [1.54, 1.807) is 28.0 Å². The zero-order valence-corrected chi connectivity index (χ0v) is 17.0. The highest BCUT2D eigenvalue weighted by Gasteiger charge is 2.26. The smallest absolute Gasteiger partial charge is 0.242 e. The Bertz CT molecular complexity index is 893. The predicted octanol–water partition coefficient (Wildman–Crippen LogP) is 4.48. The topological polar surface area (TPSA) is 35.6 Å². The summed E-state index contributed by atoms with van der Waals surface area (Å²) in [4.78, 5) is 16.0. The van der Waals surface area contributed by atoms with Crippen LogP contribution in [0.4, 0.5) is 10.1 Å². The van der Waals surface area contributed by atoms with Gasteiger partial charge < -0.3 is 15.1 Å². The second-order valence-electron chi connectivity index (χ2n) is 6.35. The second kappa shape index (κ2) is 8.42. The van der Waals surface area contributed by atoms with Crippen LogP contribution in [0.25, 0.3) is 0 Å². The number of halogens is 3. The third-order valence-corrected chi connectivity index (χ3v) is 5.55. The maximum atomic E-state index is 13.3. The van der Waals surface area contributed by atoms with Crippen LogP contribution >= 0.6 is 35.4 Å². The van der Waals surface area contributed by atoms with Crippen molar-refractivity contribution in [2.75, 3.05) is 25.0 Å². The molecular weight excluding hydrogens is 408 g/mol. The maximum absolute atomic E-state index is 13.3. The van der Waals surface area contributed by atoms with Gasteiger partial charge in [0.2, 0.25) is 5.91 Å². The predicted molar refractivity (Wildman–Crippen MR) is 111 cm³/mol. The van der Waals surface area contributed by atoms with Crippen molar-refractivity contribution in [2.24, 2.45) is 0 Å². The number of thiocarbonyl (C=S) groups is 1. The molecule has 1 aliphatic rings. The Labute approximate surface area is 172 Å². The van der Waals surface area contributed by atoms with E-state index in [0.717, 1.165) is 11.1 Å². The first-order chi connectivity index (χ1) is 12.8. The molecule has 1 N–H and O–H groups in total. The highest BCUT2D eigenvalue weighted by molar-refractivity contribution is 7.80. The molecule has 8 heteroatoms. The van der Waals surface area contributed by atoms with E-state index >= 15 is 0 Å². The number of nitrogens with zero attached hydrogens (tertiary/aromatic N) is 2.